The minimum atomic E-state index is -2.92. The molecule has 0 radical (unpaired) electrons. The van der Waals surface area contributed by atoms with E-state index in [0.29, 0.717) is 18.9 Å². The zero-order valence-electron chi connectivity index (χ0n) is 11.8. The highest BCUT2D eigenvalue weighted by Crippen LogP contribution is 2.19. The summed E-state index contributed by atoms with van der Waals surface area (Å²) in [5, 5.41) is 8.42. The number of halogens is 1. The molecule has 0 aliphatic rings. The van der Waals surface area contributed by atoms with E-state index in [4.69, 9.17) is 0 Å². The molecule has 0 bridgehead atoms. The zero-order valence-corrected chi connectivity index (χ0v) is 15.0. The number of hydrogen-bond acceptors (Lipinski definition) is 4. The lowest BCUT2D eigenvalue weighted by Gasteiger charge is -2.17. The molecule has 1 heterocycles. The van der Waals surface area contributed by atoms with Gasteiger partial charge in [0.05, 0.1) is 12.3 Å². The molecule has 0 saturated carbocycles. The molecule has 8 heteroatoms. The minimum absolute atomic E-state index is 0.0472. The Bertz CT molecular complexity index is 555. The van der Waals surface area contributed by atoms with Crippen molar-refractivity contribution in [1.29, 1.82) is 0 Å². The molecule has 0 spiro atoms. The first-order chi connectivity index (χ1) is 9.30. The molecule has 1 aromatic heterocycles. The monoisotopic (exact) mass is 381 g/mol. The van der Waals surface area contributed by atoms with E-state index >= 15 is 0 Å². The summed E-state index contributed by atoms with van der Waals surface area (Å²) in [6.45, 7) is 2.63. The molecule has 1 aromatic rings. The van der Waals surface area contributed by atoms with Gasteiger partial charge in [0.25, 0.3) is 0 Å². The van der Waals surface area contributed by atoms with Gasteiger partial charge in [0.1, 0.15) is 9.84 Å². The van der Waals surface area contributed by atoms with Crippen LogP contribution in [0.5, 0.6) is 0 Å². The smallest absolute Gasteiger partial charge is 0.191 e. The summed E-state index contributed by atoms with van der Waals surface area (Å²) in [5.74, 6) is 0.853. The molecule has 1 unspecified atom stereocenters. The third-order valence-corrected chi connectivity index (χ3v) is 5.26. The van der Waals surface area contributed by atoms with Crippen LogP contribution in [0, 0.1) is 0 Å². The molecule has 2 N–H and O–H groups in total. The van der Waals surface area contributed by atoms with E-state index in [1.54, 1.807) is 18.4 Å². The maximum atomic E-state index is 11.1. The molecule has 0 aliphatic carbocycles. The molecule has 20 heavy (non-hydrogen) atoms. The van der Waals surface area contributed by atoms with Crippen LogP contribution in [0.4, 0.5) is 0 Å². The van der Waals surface area contributed by atoms with Gasteiger partial charge in [0.15, 0.2) is 5.96 Å². The number of aliphatic imine (C=N–C) groups is 1. The fourth-order valence-electron chi connectivity index (χ4n) is 1.51. The van der Waals surface area contributed by atoms with Gasteiger partial charge in [-0.2, -0.15) is 0 Å². The van der Waals surface area contributed by atoms with Gasteiger partial charge in [-0.05, 0) is 35.3 Å². The van der Waals surface area contributed by atoms with Crippen molar-refractivity contribution in [3.63, 3.8) is 0 Å². The van der Waals surface area contributed by atoms with Crippen LogP contribution in [0.3, 0.4) is 0 Å². The van der Waals surface area contributed by atoms with E-state index in [0.717, 1.165) is 4.47 Å². The van der Waals surface area contributed by atoms with Crippen molar-refractivity contribution in [2.75, 3.05) is 19.1 Å². The lowest BCUT2D eigenvalue weighted by atomic mass is 10.3. The average Bonchev–Trinajstić information content (AvgIpc) is 2.77. The quantitative estimate of drug-likeness (QED) is 0.583. The van der Waals surface area contributed by atoms with E-state index in [9.17, 15) is 8.42 Å². The van der Waals surface area contributed by atoms with E-state index < -0.39 is 9.84 Å². The van der Waals surface area contributed by atoms with Crippen molar-refractivity contribution in [3.05, 3.63) is 20.8 Å². The Morgan fingerprint density at radius 1 is 1.55 bits per heavy atom. The second kappa shape index (κ2) is 7.99. The first-order valence-electron chi connectivity index (χ1n) is 6.18. The van der Waals surface area contributed by atoms with Crippen LogP contribution in [0.2, 0.25) is 0 Å². The normalized spacial score (nSPS) is 14.1. The summed E-state index contributed by atoms with van der Waals surface area (Å²) in [5.41, 5.74) is 0. The number of thiophene rings is 1. The largest absolute Gasteiger partial charge is 0.354 e. The van der Waals surface area contributed by atoms with Gasteiger partial charge < -0.3 is 10.6 Å². The van der Waals surface area contributed by atoms with Crippen LogP contribution < -0.4 is 10.6 Å². The predicted molar refractivity (Wildman–Crippen MR) is 89.1 cm³/mol. The Hall–Kier alpha value is -0.600. The van der Waals surface area contributed by atoms with Gasteiger partial charge in [0.2, 0.25) is 0 Å². The van der Waals surface area contributed by atoms with Crippen molar-refractivity contribution >= 4 is 43.1 Å². The van der Waals surface area contributed by atoms with E-state index in [1.165, 1.54) is 11.1 Å². The van der Waals surface area contributed by atoms with Gasteiger partial charge in [-0.15, -0.1) is 11.3 Å². The van der Waals surface area contributed by atoms with Crippen LogP contribution in [0.25, 0.3) is 0 Å². The molecule has 0 aliphatic heterocycles. The number of nitrogens with zero attached hydrogens (tertiary/aromatic N) is 1. The lowest BCUT2D eigenvalue weighted by Crippen LogP contribution is -2.42. The first kappa shape index (κ1) is 17.5. The number of rotatable bonds is 6. The molecule has 1 rings (SSSR count). The molecular weight excluding hydrogens is 362 g/mol. The highest BCUT2D eigenvalue weighted by molar-refractivity contribution is 9.10. The van der Waals surface area contributed by atoms with Crippen LogP contribution in [-0.4, -0.2) is 39.5 Å². The highest BCUT2D eigenvalue weighted by Gasteiger charge is 2.09. The van der Waals surface area contributed by atoms with Crippen molar-refractivity contribution in [3.8, 4) is 0 Å². The van der Waals surface area contributed by atoms with Gasteiger partial charge in [0, 0.05) is 34.1 Å². The first-order valence-corrected chi connectivity index (χ1v) is 9.91. The summed E-state index contributed by atoms with van der Waals surface area (Å²) in [4.78, 5) is 5.33. The Morgan fingerprint density at radius 2 is 2.25 bits per heavy atom. The summed E-state index contributed by atoms with van der Waals surface area (Å²) in [6, 6.07) is 2.10. The lowest BCUT2D eigenvalue weighted by molar-refractivity contribution is 0.581. The summed E-state index contributed by atoms with van der Waals surface area (Å²) < 4.78 is 23.3. The van der Waals surface area contributed by atoms with Crippen LogP contribution in [0.15, 0.2) is 20.9 Å². The molecule has 0 aromatic carbocycles. The maximum Gasteiger partial charge on any atom is 0.191 e. The van der Waals surface area contributed by atoms with Crippen LogP contribution in [-0.2, 0) is 16.4 Å². The maximum absolute atomic E-state index is 11.1. The van der Waals surface area contributed by atoms with Crippen molar-refractivity contribution < 1.29 is 8.42 Å². The standard InChI is InChI=1S/C12H20BrN3O2S2/c1-9(4-5-20(3,17)18)16-12(14-2)15-7-11-6-10(13)8-19-11/h6,8-9H,4-5,7H2,1-3H3,(H2,14,15,16). The Labute approximate surface area is 132 Å². The van der Waals surface area contributed by atoms with E-state index in [2.05, 4.69) is 37.6 Å². The third kappa shape index (κ3) is 7.25. The third-order valence-electron chi connectivity index (χ3n) is 2.58. The molecule has 0 fully saturated rings. The van der Waals surface area contributed by atoms with Gasteiger partial charge in [-0.1, -0.05) is 0 Å². The van der Waals surface area contributed by atoms with Crippen molar-refractivity contribution in [2.45, 2.75) is 25.9 Å². The van der Waals surface area contributed by atoms with Crippen LogP contribution in [0.1, 0.15) is 18.2 Å². The summed E-state index contributed by atoms with van der Waals surface area (Å²) >= 11 is 5.08. The van der Waals surface area contributed by atoms with Gasteiger partial charge in [-0.3, -0.25) is 4.99 Å². The number of hydrogen-bond donors (Lipinski definition) is 2. The molecule has 5 nitrogen and oxygen atoms in total. The Morgan fingerprint density at radius 3 is 2.75 bits per heavy atom. The second-order valence-electron chi connectivity index (χ2n) is 4.62. The molecular formula is C12H20BrN3O2S2. The topological polar surface area (TPSA) is 70.6 Å². The van der Waals surface area contributed by atoms with Crippen molar-refractivity contribution in [2.24, 2.45) is 4.99 Å². The Balaban J connectivity index is 2.39. The molecule has 0 amide bonds. The van der Waals surface area contributed by atoms with Gasteiger partial charge >= 0.3 is 0 Å². The summed E-state index contributed by atoms with van der Waals surface area (Å²) in [7, 11) is -1.22. The highest BCUT2D eigenvalue weighted by atomic mass is 79.9. The second-order valence-corrected chi connectivity index (χ2v) is 8.79. The SMILES string of the molecule is CN=C(NCc1cc(Br)cs1)NC(C)CCS(C)(=O)=O. The predicted octanol–water partition coefficient (Wildman–Crippen LogP) is 2.00. The summed E-state index contributed by atoms with van der Waals surface area (Å²) in [6.07, 6.45) is 1.81. The number of guanidine groups is 1. The molecule has 0 saturated heterocycles. The van der Waals surface area contributed by atoms with E-state index in [-0.39, 0.29) is 11.8 Å². The molecule has 1 atom stereocenters. The molecule has 114 valence electrons. The zero-order chi connectivity index (χ0) is 15.2. The number of sulfone groups is 1. The van der Waals surface area contributed by atoms with Crippen LogP contribution >= 0.6 is 27.3 Å². The Kier molecular flexibility index (Phi) is 6.97. The average molecular weight is 382 g/mol. The van der Waals surface area contributed by atoms with Crippen molar-refractivity contribution in [1.82, 2.24) is 10.6 Å². The fourth-order valence-corrected chi connectivity index (χ4v) is 3.68. The number of nitrogens with one attached hydrogen (secondary N) is 2. The minimum Gasteiger partial charge on any atom is -0.354 e. The van der Waals surface area contributed by atoms with E-state index in [1.807, 2.05) is 12.3 Å². The van der Waals surface area contributed by atoms with Gasteiger partial charge in [-0.25, -0.2) is 8.42 Å². The fraction of sp³-hybridized carbons (Fsp3) is 0.583.